The van der Waals surface area contributed by atoms with Crippen molar-refractivity contribution >= 4 is 5.97 Å². The number of esters is 1. The normalized spacial score (nSPS) is 10.2. The van der Waals surface area contributed by atoms with Gasteiger partial charge in [0.2, 0.25) is 11.7 Å². The van der Waals surface area contributed by atoms with Gasteiger partial charge in [-0.05, 0) is 18.6 Å². The standard InChI is InChI=1S/C11H11N3O3/c1-7-6-12-4-3-8(7)11-13-9(17-14-11)5-10(15)16-2/h3-4,6H,5H2,1-2H3. The second-order valence-corrected chi connectivity index (χ2v) is 3.46. The summed E-state index contributed by atoms with van der Waals surface area (Å²) >= 11 is 0. The molecule has 0 aliphatic rings. The molecule has 0 saturated carbocycles. The average Bonchev–Trinajstić information content (AvgIpc) is 2.78. The SMILES string of the molecule is COC(=O)Cc1nc(-c2ccncc2C)no1. The molecule has 0 amide bonds. The minimum Gasteiger partial charge on any atom is -0.469 e. The van der Waals surface area contributed by atoms with Gasteiger partial charge in [-0.2, -0.15) is 4.98 Å². The van der Waals surface area contributed by atoms with Gasteiger partial charge in [-0.15, -0.1) is 0 Å². The Morgan fingerprint density at radius 3 is 3.06 bits per heavy atom. The van der Waals surface area contributed by atoms with Gasteiger partial charge < -0.3 is 9.26 Å². The number of pyridine rings is 1. The molecule has 0 aromatic carbocycles. The van der Waals surface area contributed by atoms with E-state index in [9.17, 15) is 4.79 Å². The highest BCUT2D eigenvalue weighted by molar-refractivity contribution is 5.71. The molecule has 0 atom stereocenters. The molecule has 17 heavy (non-hydrogen) atoms. The third kappa shape index (κ3) is 2.47. The minimum atomic E-state index is -0.411. The van der Waals surface area contributed by atoms with Gasteiger partial charge in [-0.1, -0.05) is 5.16 Å². The van der Waals surface area contributed by atoms with E-state index in [1.165, 1.54) is 7.11 Å². The zero-order chi connectivity index (χ0) is 12.3. The van der Waals surface area contributed by atoms with Crippen LogP contribution in [0.4, 0.5) is 0 Å². The molecule has 0 aliphatic carbocycles. The predicted molar refractivity (Wildman–Crippen MR) is 58.0 cm³/mol. The van der Waals surface area contributed by atoms with Crippen molar-refractivity contribution < 1.29 is 14.1 Å². The van der Waals surface area contributed by atoms with Crippen LogP contribution in [0, 0.1) is 6.92 Å². The maximum Gasteiger partial charge on any atom is 0.315 e. The highest BCUT2D eigenvalue weighted by Gasteiger charge is 2.13. The van der Waals surface area contributed by atoms with E-state index in [0.717, 1.165) is 11.1 Å². The molecule has 2 aromatic rings. The van der Waals surface area contributed by atoms with Crippen molar-refractivity contribution in [3.63, 3.8) is 0 Å². The molecule has 6 nitrogen and oxygen atoms in total. The molecule has 88 valence electrons. The molecule has 2 aromatic heterocycles. The van der Waals surface area contributed by atoms with E-state index in [2.05, 4.69) is 19.9 Å². The lowest BCUT2D eigenvalue weighted by atomic mass is 10.1. The van der Waals surface area contributed by atoms with Crippen LogP contribution in [-0.4, -0.2) is 28.2 Å². The molecule has 0 bridgehead atoms. The van der Waals surface area contributed by atoms with Gasteiger partial charge in [0.15, 0.2) is 0 Å². The van der Waals surface area contributed by atoms with Crippen molar-refractivity contribution in [3.8, 4) is 11.4 Å². The molecule has 0 aliphatic heterocycles. The summed E-state index contributed by atoms with van der Waals surface area (Å²) in [7, 11) is 1.31. The van der Waals surface area contributed by atoms with E-state index >= 15 is 0 Å². The van der Waals surface area contributed by atoms with Gasteiger partial charge in [0, 0.05) is 18.0 Å². The fraction of sp³-hybridized carbons (Fsp3) is 0.273. The number of methoxy groups -OCH3 is 1. The van der Waals surface area contributed by atoms with Crippen molar-refractivity contribution in [2.24, 2.45) is 0 Å². The van der Waals surface area contributed by atoms with Crippen molar-refractivity contribution in [1.29, 1.82) is 0 Å². The summed E-state index contributed by atoms with van der Waals surface area (Å²) in [6, 6.07) is 1.79. The van der Waals surface area contributed by atoms with Gasteiger partial charge in [0.1, 0.15) is 6.42 Å². The number of carbonyl (C=O) groups is 1. The predicted octanol–water partition coefficient (Wildman–Crippen LogP) is 1.16. The Hall–Kier alpha value is -2.24. The lowest BCUT2D eigenvalue weighted by molar-refractivity contribution is -0.140. The molecule has 0 radical (unpaired) electrons. The number of hydrogen-bond acceptors (Lipinski definition) is 6. The van der Waals surface area contributed by atoms with Crippen LogP contribution in [0.2, 0.25) is 0 Å². The van der Waals surface area contributed by atoms with E-state index in [-0.39, 0.29) is 12.3 Å². The number of aromatic nitrogens is 3. The number of ether oxygens (including phenoxy) is 1. The Labute approximate surface area is 97.6 Å². The van der Waals surface area contributed by atoms with Gasteiger partial charge in [0.05, 0.1) is 7.11 Å². The maximum absolute atomic E-state index is 11.0. The Kier molecular flexibility index (Phi) is 3.13. The summed E-state index contributed by atoms with van der Waals surface area (Å²) in [5, 5.41) is 3.81. The van der Waals surface area contributed by atoms with E-state index in [4.69, 9.17) is 4.52 Å². The van der Waals surface area contributed by atoms with E-state index in [1.807, 2.05) is 6.92 Å². The van der Waals surface area contributed by atoms with E-state index in [0.29, 0.717) is 5.82 Å². The fourth-order valence-corrected chi connectivity index (χ4v) is 1.36. The van der Waals surface area contributed by atoms with Crippen LogP contribution < -0.4 is 0 Å². The molecule has 0 N–H and O–H groups in total. The quantitative estimate of drug-likeness (QED) is 0.740. The molecule has 0 unspecified atom stereocenters. The molecule has 0 saturated heterocycles. The first kappa shape index (κ1) is 11.3. The molecule has 2 heterocycles. The Balaban J connectivity index is 2.24. The van der Waals surface area contributed by atoms with Crippen molar-refractivity contribution in [2.75, 3.05) is 7.11 Å². The molecule has 0 spiro atoms. The zero-order valence-corrected chi connectivity index (χ0v) is 9.51. The molecule has 6 heteroatoms. The van der Waals surface area contributed by atoms with Crippen LogP contribution in [0.3, 0.4) is 0 Å². The zero-order valence-electron chi connectivity index (χ0n) is 9.51. The summed E-state index contributed by atoms with van der Waals surface area (Å²) < 4.78 is 9.48. The van der Waals surface area contributed by atoms with Gasteiger partial charge in [0.25, 0.3) is 0 Å². The first-order valence-corrected chi connectivity index (χ1v) is 5.01. The Bertz CT molecular complexity index is 536. The summed E-state index contributed by atoms with van der Waals surface area (Å²) in [6.07, 6.45) is 3.35. The number of nitrogens with zero attached hydrogens (tertiary/aromatic N) is 3. The monoisotopic (exact) mass is 233 g/mol. The van der Waals surface area contributed by atoms with Crippen LogP contribution in [0.15, 0.2) is 23.0 Å². The van der Waals surface area contributed by atoms with Crippen molar-refractivity contribution in [2.45, 2.75) is 13.3 Å². The molecule has 0 fully saturated rings. The number of carbonyl (C=O) groups excluding carboxylic acids is 1. The maximum atomic E-state index is 11.0. The second-order valence-electron chi connectivity index (χ2n) is 3.46. The number of hydrogen-bond donors (Lipinski definition) is 0. The lowest BCUT2D eigenvalue weighted by Gasteiger charge is -1.97. The Morgan fingerprint density at radius 2 is 2.35 bits per heavy atom. The topological polar surface area (TPSA) is 78.1 Å². The second kappa shape index (κ2) is 4.73. The van der Waals surface area contributed by atoms with Crippen LogP contribution in [0.1, 0.15) is 11.5 Å². The average molecular weight is 233 g/mol. The lowest BCUT2D eigenvalue weighted by Crippen LogP contribution is -2.04. The van der Waals surface area contributed by atoms with E-state index in [1.54, 1.807) is 18.5 Å². The van der Waals surface area contributed by atoms with Crippen LogP contribution in [0.5, 0.6) is 0 Å². The number of rotatable bonds is 3. The smallest absolute Gasteiger partial charge is 0.315 e. The first-order valence-electron chi connectivity index (χ1n) is 5.01. The third-order valence-electron chi connectivity index (χ3n) is 2.25. The molecular formula is C11H11N3O3. The molecular weight excluding hydrogens is 222 g/mol. The minimum absolute atomic E-state index is 0.0202. The summed E-state index contributed by atoms with van der Waals surface area (Å²) in [6.45, 7) is 1.90. The first-order chi connectivity index (χ1) is 8.20. The summed E-state index contributed by atoms with van der Waals surface area (Å²) in [4.78, 5) is 19.1. The van der Waals surface area contributed by atoms with Crippen LogP contribution >= 0.6 is 0 Å². The largest absolute Gasteiger partial charge is 0.469 e. The number of aryl methyl sites for hydroxylation is 1. The molecule has 2 rings (SSSR count). The van der Waals surface area contributed by atoms with Gasteiger partial charge >= 0.3 is 5.97 Å². The van der Waals surface area contributed by atoms with Crippen molar-refractivity contribution in [1.82, 2.24) is 15.1 Å². The van der Waals surface area contributed by atoms with Gasteiger partial charge in [-0.25, -0.2) is 0 Å². The summed E-state index contributed by atoms with van der Waals surface area (Å²) in [5.41, 5.74) is 1.78. The third-order valence-corrected chi connectivity index (χ3v) is 2.25. The highest BCUT2D eigenvalue weighted by Crippen LogP contribution is 2.18. The summed E-state index contributed by atoms with van der Waals surface area (Å²) in [5.74, 6) is 0.276. The fourth-order valence-electron chi connectivity index (χ4n) is 1.36. The van der Waals surface area contributed by atoms with Crippen molar-refractivity contribution in [3.05, 3.63) is 29.9 Å². The van der Waals surface area contributed by atoms with Crippen LogP contribution in [0.25, 0.3) is 11.4 Å². The van der Waals surface area contributed by atoms with E-state index < -0.39 is 5.97 Å². The highest BCUT2D eigenvalue weighted by atomic mass is 16.5. The van der Waals surface area contributed by atoms with Gasteiger partial charge in [-0.3, -0.25) is 9.78 Å². The van der Waals surface area contributed by atoms with Crippen LogP contribution in [-0.2, 0) is 16.0 Å². The Morgan fingerprint density at radius 1 is 1.53 bits per heavy atom.